The van der Waals surface area contributed by atoms with Crippen LogP contribution in [-0.2, 0) is 96.6 Å². The van der Waals surface area contributed by atoms with Crippen LogP contribution in [0, 0.1) is 0 Å². The number of para-hydroxylation sites is 1. The fourth-order valence-corrected chi connectivity index (χ4v) is 6.54. The summed E-state index contributed by atoms with van der Waals surface area (Å²) < 4.78 is 184. The summed E-state index contributed by atoms with van der Waals surface area (Å²) in [6.45, 7) is 6.01. The van der Waals surface area contributed by atoms with Gasteiger partial charge in [0.25, 0.3) is 50.6 Å². The van der Waals surface area contributed by atoms with E-state index in [-0.39, 0.29) is 24.7 Å². The molecule has 1 aromatic carbocycles. The van der Waals surface area contributed by atoms with Crippen LogP contribution in [0.15, 0.2) is 47.1 Å². The fourth-order valence-electron chi connectivity index (χ4n) is 3.67. The highest BCUT2D eigenvalue weighted by Crippen LogP contribution is 2.21. The van der Waals surface area contributed by atoms with E-state index in [4.69, 9.17) is 8.92 Å². The summed E-state index contributed by atoms with van der Waals surface area (Å²) in [4.78, 5) is 0. The second-order valence-electron chi connectivity index (χ2n) is 13.1. The van der Waals surface area contributed by atoms with Crippen molar-refractivity contribution in [2.45, 2.75) is 84.2 Å². The summed E-state index contributed by atoms with van der Waals surface area (Å²) in [5.41, 5.74) is 2.30. The highest BCUT2D eigenvalue weighted by atomic mass is 32.2. The molecule has 4 rings (SSSR count). The van der Waals surface area contributed by atoms with Crippen molar-refractivity contribution >= 4 is 70.8 Å². The molecule has 32 heteroatoms. The first-order valence-electron chi connectivity index (χ1n) is 18.2. The minimum atomic E-state index is -3.48. The van der Waals surface area contributed by atoms with E-state index in [9.17, 15) is 58.9 Å². The van der Waals surface area contributed by atoms with Gasteiger partial charge in [-0.2, -0.15) is 68.7 Å². The van der Waals surface area contributed by atoms with Gasteiger partial charge in [-0.05, 0) is 52.2 Å². The molecule has 2 aliphatic rings. The van der Waals surface area contributed by atoms with E-state index >= 15 is 0 Å². The lowest BCUT2D eigenvalue weighted by molar-refractivity contribution is -0.0338. The monoisotopic (exact) mass is 1070 g/mol. The molecule has 1 saturated carbocycles. The van der Waals surface area contributed by atoms with Gasteiger partial charge in [0.15, 0.2) is 6.29 Å². The van der Waals surface area contributed by atoms with Crippen LogP contribution >= 0.6 is 0 Å². The lowest BCUT2D eigenvalue weighted by Crippen LogP contribution is -2.25. The maximum Gasteiger partial charge on any atom is 0.327 e. The van der Waals surface area contributed by atoms with Gasteiger partial charge in [0, 0.05) is 25.1 Å². The summed E-state index contributed by atoms with van der Waals surface area (Å²) in [7, 11) is -22.0. The molecular weight excluding hydrogens is 1000 g/mol. The molecule has 1 unspecified atom stereocenters. The Labute approximate surface area is 379 Å². The summed E-state index contributed by atoms with van der Waals surface area (Å²) in [6.07, 6.45) is 14.5. The lowest BCUT2D eigenvalue weighted by atomic mass is 9.98. The Morgan fingerprint density at radius 2 is 1.12 bits per heavy atom. The van der Waals surface area contributed by atoms with Crippen LogP contribution in [0.2, 0.25) is 0 Å². The number of aromatic nitrogens is 1. The first-order chi connectivity index (χ1) is 28.9. The summed E-state index contributed by atoms with van der Waals surface area (Å²) in [6, 6.07) is 9.69. The second-order valence-corrected chi connectivity index (χ2v) is 24.4. The zero-order valence-electron chi connectivity index (χ0n) is 37.3. The zero-order valence-corrected chi connectivity index (χ0v) is 43.0. The van der Waals surface area contributed by atoms with Gasteiger partial charge < -0.3 is 17.6 Å². The molecule has 380 valence electrons. The third-order valence-electron chi connectivity index (χ3n) is 5.74. The number of nitrogens with zero attached hydrogens (tertiary/aromatic N) is 1. The van der Waals surface area contributed by atoms with Crippen molar-refractivity contribution in [3.8, 4) is 11.7 Å². The van der Waals surface area contributed by atoms with Crippen molar-refractivity contribution in [2.24, 2.45) is 0 Å². The molecule has 2 heterocycles. The Hall–Kier alpha value is -2.60. The molecule has 0 radical (unpaired) electrons. The predicted molar refractivity (Wildman–Crippen MR) is 234 cm³/mol. The minimum absolute atomic E-state index is 0.0136. The molecule has 2 aromatic rings. The highest BCUT2D eigenvalue weighted by Gasteiger charge is 2.20. The van der Waals surface area contributed by atoms with Crippen LogP contribution in [0.5, 0.6) is 11.7 Å². The standard InChI is InChI=1S/C7H14O3S.C7H8O3S.C5H10O4S.C4H5NO4S.C4H11NO3S.C3H8O3S.C2H6O3S/c2*1-11(8,9)10-7-5-3-2-4-6-7;1-10(6,7)9-5-3-2-4-8-5;1-10(6,7)9-4-2-3-5-8-4;1-4(2)5-8-9(3,6)7;1-3-6-7(2,4)5;1-5-6(2,3)4/h7H,2-6H2,1H3;2-6H,1H3;5H,2-4H2,1H3;2-3H,1H3;4-5H,1-3H3;3H2,1-2H3;1-2H3. The van der Waals surface area contributed by atoms with Crippen LogP contribution in [-0.4, -0.2) is 147 Å². The third-order valence-corrected chi connectivity index (χ3v) is 9.56. The second kappa shape index (κ2) is 32.2. The molecule has 1 atom stereocenters. The van der Waals surface area contributed by atoms with Crippen LogP contribution < -0.4 is 13.8 Å². The molecule has 0 bridgehead atoms. The van der Waals surface area contributed by atoms with Gasteiger partial charge in [-0.1, -0.05) is 42.6 Å². The van der Waals surface area contributed by atoms with Gasteiger partial charge in [-0.3, -0.25) is 12.5 Å². The molecule has 1 aromatic heterocycles. The van der Waals surface area contributed by atoms with Crippen molar-refractivity contribution < 1.29 is 97.6 Å². The number of rotatable bonds is 14. The topological polar surface area (TPSA) is 351 Å². The number of hydrogen-bond donors (Lipinski definition) is 1. The largest absolute Gasteiger partial charge is 0.383 e. The third kappa shape index (κ3) is 55.5. The predicted octanol–water partition coefficient (Wildman–Crippen LogP) is 1.88. The van der Waals surface area contributed by atoms with E-state index in [1.807, 2.05) is 0 Å². The minimum Gasteiger partial charge on any atom is -0.383 e. The average molecular weight is 1070 g/mol. The Kier molecular flexibility index (Phi) is 33.0. The summed E-state index contributed by atoms with van der Waals surface area (Å²) in [5, 5.41) is 3.24. The van der Waals surface area contributed by atoms with E-state index < -0.39 is 77.1 Å². The summed E-state index contributed by atoms with van der Waals surface area (Å²) >= 11 is 0. The van der Waals surface area contributed by atoms with E-state index in [1.165, 1.54) is 18.7 Å². The van der Waals surface area contributed by atoms with Gasteiger partial charge in [0.2, 0.25) is 0 Å². The molecule has 1 aliphatic heterocycles. The van der Waals surface area contributed by atoms with Crippen molar-refractivity contribution in [2.75, 3.05) is 64.1 Å². The summed E-state index contributed by atoms with van der Waals surface area (Å²) in [5.74, 6) is 0.220. The molecule has 25 nitrogen and oxygen atoms in total. The first kappa shape index (κ1) is 65.7. The molecule has 64 heavy (non-hydrogen) atoms. The molecule has 0 amide bonds. The van der Waals surface area contributed by atoms with Gasteiger partial charge in [-0.25, -0.2) is 4.18 Å². The Morgan fingerprint density at radius 3 is 1.42 bits per heavy atom. The molecule has 1 saturated heterocycles. The van der Waals surface area contributed by atoms with Crippen molar-refractivity contribution in [3.05, 3.63) is 42.6 Å². The Morgan fingerprint density at radius 1 is 0.625 bits per heavy atom. The van der Waals surface area contributed by atoms with Crippen molar-refractivity contribution in [3.63, 3.8) is 0 Å². The van der Waals surface area contributed by atoms with Gasteiger partial charge in [0.1, 0.15) is 5.75 Å². The van der Waals surface area contributed by atoms with Crippen LogP contribution in [0.1, 0.15) is 65.7 Å². The average Bonchev–Trinajstić information content (AvgIpc) is 3.81. The van der Waals surface area contributed by atoms with Gasteiger partial charge in [-0.15, -0.1) is 0 Å². The molecule has 0 spiro atoms. The van der Waals surface area contributed by atoms with E-state index in [2.05, 4.69) is 40.4 Å². The van der Waals surface area contributed by atoms with Gasteiger partial charge in [0.05, 0.1) is 69.8 Å². The number of benzene rings is 1. The molecule has 1 aliphatic carbocycles. The molecule has 1 N–H and O–H groups in total. The van der Waals surface area contributed by atoms with Gasteiger partial charge >= 0.3 is 26.2 Å². The van der Waals surface area contributed by atoms with Crippen molar-refractivity contribution in [1.82, 2.24) is 10.6 Å². The quantitative estimate of drug-likeness (QED) is 0.208. The van der Waals surface area contributed by atoms with Crippen LogP contribution in [0.25, 0.3) is 0 Å². The fraction of sp³-hybridized carbons (Fsp3) is 0.719. The van der Waals surface area contributed by atoms with Crippen molar-refractivity contribution in [1.29, 1.82) is 0 Å². The first-order valence-corrected chi connectivity index (χ1v) is 30.9. The number of ether oxygens (including phenoxy) is 1. The SMILES string of the molecule is CC(C)NOS(C)(=O)=O.CCOS(C)(=O)=O.COS(C)(=O)=O.CS(=O)(=O)OC1CCCCC1.CS(=O)(=O)OC1CCCO1.CS(=O)(=O)Oc1ccccc1.CS(=O)(=O)Oc1ccno1. The zero-order chi connectivity index (χ0) is 50.5. The number of nitrogens with one attached hydrogen (secondary N) is 1. The van der Waals surface area contributed by atoms with Crippen LogP contribution in [0.4, 0.5) is 0 Å². The van der Waals surface area contributed by atoms with E-state index in [1.54, 1.807) is 51.1 Å². The Balaban J connectivity index is -0.000000685. The lowest BCUT2D eigenvalue weighted by Gasteiger charge is -2.19. The maximum atomic E-state index is 10.7. The maximum absolute atomic E-state index is 10.7. The molecular formula is C32H62N2O23S7. The highest BCUT2D eigenvalue weighted by molar-refractivity contribution is 7.87. The van der Waals surface area contributed by atoms with Crippen LogP contribution in [0.3, 0.4) is 0 Å². The number of hydroxylamine groups is 1. The normalized spacial score (nSPS) is 15.8. The van der Waals surface area contributed by atoms with E-state index in [0.29, 0.717) is 18.8 Å². The molecule has 2 fully saturated rings. The van der Waals surface area contributed by atoms with E-state index in [0.717, 1.165) is 83.0 Å². The number of hydrogen-bond acceptors (Lipinski definition) is 25. The smallest absolute Gasteiger partial charge is 0.327 e. The Bertz CT molecular complexity index is 2310.